The average molecular weight is 254 g/mol. The Bertz CT molecular complexity index is 589. The molecule has 3 rings (SSSR count). The van der Waals surface area contributed by atoms with Crippen LogP contribution in [-0.2, 0) is 5.60 Å². The van der Waals surface area contributed by atoms with E-state index in [-0.39, 0.29) is 0 Å². The quantitative estimate of drug-likeness (QED) is 0.795. The van der Waals surface area contributed by atoms with Gasteiger partial charge in [0.15, 0.2) is 0 Å². The van der Waals surface area contributed by atoms with Crippen LogP contribution in [0.4, 0.5) is 0 Å². The van der Waals surface area contributed by atoms with Crippen molar-refractivity contribution in [2.75, 3.05) is 0 Å². The lowest BCUT2D eigenvalue weighted by atomic mass is 9.69. The molecular formula is C18H22O. The van der Waals surface area contributed by atoms with E-state index in [0.29, 0.717) is 5.92 Å². The molecule has 19 heavy (non-hydrogen) atoms. The molecule has 0 bridgehead atoms. The highest BCUT2D eigenvalue weighted by Gasteiger charge is 2.39. The Labute approximate surface area is 115 Å². The molecule has 1 N–H and O–H groups in total. The molecule has 1 heteroatoms. The van der Waals surface area contributed by atoms with Crippen molar-refractivity contribution in [3.8, 4) is 0 Å². The van der Waals surface area contributed by atoms with E-state index in [9.17, 15) is 5.11 Å². The summed E-state index contributed by atoms with van der Waals surface area (Å²) in [6.45, 7) is 4.47. The van der Waals surface area contributed by atoms with E-state index in [4.69, 9.17) is 0 Å². The second kappa shape index (κ2) is 4.64. The summed E-state index contributed by atoms with van der Waals surface area (Å²) in [6.07, 6.45) is 3.12. The molecule has 1 fully saturated rings. The van der Waals surface area contributed by atoms with Crippen LogP contribution in [0.1, 0.15) is 38.7 Å². The normalized spacial score (nSPS) is 31.5. The second-order valence-corrected chi connectivity index (χ2v) is 6.27. The lowest BCUT2D eigenvalue weighted by molar-refractivity contribution is -0.0586. The van der Waals surface area contributed by atoms with Crippen molar-refractivity contribution in [3.05, 3.63) is 48.0 Å². The zero-order valence-corrected chi connectivity index (χ0v) is 11.8. The summed E-state index contributed by atoms with van der Waals surface area (Å²) in [4.78, 5) is 0. The van der Waals surface area contributed by atoms with Gasteiger partial charge in [-0.25, -0.2) is 0 Å². The van der Waals surface area contributed by atoms with Crippen LogP contribution in [-0.4, -0.2) is 5.11 Å². The van der Waals surface area contributed by atoms with Gasteiger partial charge in [0, 0.05) is 0 Å². The SMILES string of the molecule is CC1CCC(O)(c2ccc3ccccc3c2)C(C)C1. The van der Waals surface area contributed by atoms with Crippen molar-refractivity contribution < 1.29 is 5.11 Å². The van der Waals surface area contributed by atoms with Crippen LogP contribution in [0.3, 0.4) is 0 Å². The van der Waals surface area contributed by atoms with Crippen LogP contribution in [0, 0.1) is 11.8 Å². The third-order valence-electron chi connectivity index (χ3n) is 4.84. The van der Waals surface area contributed by atoms with Crippen LogP contribution in [0.15, 0.2) is 42.5 Å². The largest absolute Gasteiger partial charge is 0.385 e. The molecule has 1 nitrogen and oxygen atoms in total. The number of rotatable bonds is 1. The molecule has 1 aliphatic carbocycles. The maximum atomic E-state index is 11.1. The van der Waals surface area contributed by atoms with Crippen molar-refractivity contribution in [2.45, 2.75) is 38.7 Å². The first-order chi connectivity index (χ1) is 9.09. The summed E-state index contributed by atoms with van der Waals surface area (Å²) in [5.74, 6) is 1.06. The van der Waals surface area contributed by atoms with Crippen molar-refractivity contribution >= 4 is 10.8 Å². The van der Waals surface area contributed by atoms with Crippen LogP contribution in [0.2, 0.25) is 0 Å². The fraction of sp³-hybridized carbons (Fsp3) is 0.444. The van der Waals surface area contributed by atoms with Crippen molar-refractivity contribution in [1.82, 2.24) is 0 Å². The minimum absolute atomic E-state index is 0.331. The summed E-state index contributed by atoms with van der Waals surface area (Å²) < 4.78 is 0. The lowest BCUT2D eigenvalue weighted by Crippen LogP contribution is -2.38. The van der Waals surface area contributed by atoms with Crippen molar-refractivity contribution in [2.24, 2.45) is 11.8 Å². The van der Waals surface area contributed by atoms with E-state index in [1.807, 2.05) is 0 Å². The Morgan fingerprint density at radius 2 is 1.79 bits per heavy atom. The van der Waals surface area contributed by atoms with Gasteiger partial charge in [0.1, 0.15) is 0 Å². The number of hydrogen-bond acceptors (Lipinski definition) is 1. The van der Waals surface area contributed by atoms with E-state index in [2.05, 4.69) is 56.3 Å². The molecule has 0 radical (unpaired) electrons. The fourth-order valence-electron chi connectivity index (χ4n) is 3.52. The number of aliphatic hydroxyl groups is 1. The molecule has 1 saturated carbocycles. The molecule has 0 spiro atoms. The highest BCUT2D eigenvalue weighted by molar-refractivity contribution is 5.83. The number of hydrogen-bond donors (Lipinski definition) is 1. The van der Waals surface area contributed by atoms with Gasteiger partial charge in [-0.3, -0.25) is 0 Å². The Morgan fingerprint density at radius 1 is 1.05 bits per heavy atom. The van der Waals surface area contributed by atoms with Crippen molar-refractivity contribution in [3.63, 3.8) is 0 Å². The van der Waals surface area contributed by atoms with Gasteiger partial charge in [-0.1, -0.05) is 50.2 Å². The number of benzene rings is 2. The van der Waals surface area contributed by atoms with Gasteiger partial charge in [-0.15, -0.1) is 0 Å². The predicted octanol–water partition coefficient (Wildman–Crippen LogP) is 4.48. The zero-order chi connectivity index (χ0) is 13.5. The standard InChI is InChI=1S/C18H22O/c1-13-9-10-18(19,14(2)11-13)17-8-7-15-5-3-4-6-16(15)12-17/h3-8,12-14,19H,9-11H2,1-2H3. The third-order valence-corrected chi connectivity index (χ3v) is 4.84. The second-order valence-electron chi connectivity index (χ2n) is 6.27. The van der Waals surface area contributed by atoms with Crippen LogP contribution in [0.25, 0.3) is 10.8 Å². The summed E-state index contributed by atoms with van der Waals surface area (Å²) in [5.41, 5.74) is 0.446. The third kappa shape index (κ3) is 2.17. The Hall–Kier alpha value is -1.34. The van der Waals surface area contributed by atoms with Crippen LogP contribution < -0.4 is 0 Å². The summed E-state index contributed by atoms with van der Waals surface area (Å²) in [6, 6.07) is 14.8. The summed E-state index contributed by atoms with van der Waals surface area (Å²) in [7, 11) is 0. The van der Waals surface area contributed by atoms with Gasteiger partial charge in [0.05, 0.1) is 5.60 Å². The van der Waals surface area contributed by atoms with Gasteiger partial charge in [-0.2, -0.15) is 0 Å². The van der Waals surface area contributed by atoms with Crippen LogP contribution >= 0.6 is 0 Å². The molecule has 2 aromatic carbocycles. The number of fused-ring (bicyclic) bond motifs is 1. The van der Waals surface area contributed by atoms with E-state index in [0.717, 1.165) is 30.7 Å². The van der Waals surface area contributed by atoms with E-state index in [1.54, 1.807) is 0 Å². The Balaban J connectivity index is 2.03. The molecule has 2 aromatic rings. The molecule has 100 valence electrons. The first kappa shape index (κ1) is 12.7. The highest BCUT2D eigenvalue weighted by Crippen LogP contribution is 2.44. The Morgan fingerprint density at radius 3 is 2.53 bits per heavy atom. The average Bonchev–Trinajstić information content (AvgIpc) is 2.43. The fourth-order valence-corrected chi connectivity index (χ4v) is 3.52. The maximum Gasteiger partial charge on any atom is 0.0922 e. The van der Waals surface area contributed by atoms with Gasteiger partial charge in [0.25, 0.3) is 0 Å². The van der Waals surface area contributed by atoms with Gasteiger partial charge < -0.3 is 5.11 Å². The van der Waals surface area contributed by atoms with Gasteiger partial charge in [0.2, 0.25) is 0 Å². The molecule has 0 amide bonds. The zero-order valence-electron chi connectivity index (χ0n) is 11.8. The molecule has 0 aliphatic heterocycles. The minimum atomic E-state index is -0.642. The predicted molar refractivity (Wildman–Crippen MR) is 80.0 cm³/mol. The van der Waals surface area contributed by atoms with E-state index >= 15 is 0 Å². The van der Waals surface area contributed by atoms with Gasteiger partial charge >= 0.3 is 0 Å². The molecular weight excluding hydrogens is 232 g/mol. The smallest absolute Gasteiger partial charge is 0.0922 e. The summed E-state index contributed by atoms with van der Waals surface area (Å²) >= 11 is 0. The van der Waals surface area contributed by atoms with E-state index < -0.39 is 5.60 Å². The maximum absolute atomic E-state index is 11.1. The first-order valence-corrected chi connectivity index (χ1v) is 7.31. The van der Waals surface area contributed by atoms with E-state index in [1.165, 1.54) is 10.8 Å². The summed E-state index contributed by atoms with van der Waals surface area (Å²) in [5, 5.41) is 13.6. The lowest BCUT2D eigenvalue weighted by Gasteiger charge is -2.41. The minimum Gasteiger partial charge on any atom is -0.385 e. The van der Waals surface area contributed by atoms with Crippen LogP contribution in [0.5, 0.6) is 0 Å². The molecule has 0 heterocycles. The molecule has 0 aromatic heterocycles. The topological polar surface area (TPSA) is 20.2 Å². The Kier molecular flexibility index (Phi) is 3.10. The first-order valence-electron chi connectivity index (χ1n) is 7.31. The highest BCUT2D eigenvalue weighted by atomic mass is 16.3. The monoisotopic (exact) mass is 254 g/mol. The van der Waals surface area contributed by atoms with Crippen molar-refractivity contribution in [1.29, 1.82) is 0 Å². The molecule has 0 saturated heterocycles. The molecule has 3 unspecified atom stereocenters. The molecule has 3 atom stereocenters. The molecule has 1 aliphatic rings. The van der Waals surface area contributed by atoms with Gasteiger partial charge in [-0.05, 0) is 53.5 Å².